The summed E-state index contributed by atoms with van der Waals surface area (Å²) in [6, 6.07) is 4.25. The highest BCUT2D eigenvalue weighted by atomic mass is 16.6. The molecule has 1 aliphatic rings. The molecule has 0 spiro atoms. The number of hydrogen-bond acceptors (Lipinski definition) is 5. The van der Waals surface area contributed by atoms with Crippen LogP contribution in [0.15, 0.2) is 18.2 Å². The van der Waals surface area contributed by atoms with Crippen molar-refractivity contribution in [2.45, 2.75) is 19.4 Å². The number of methoxy groups -OCH3 is 1. The van der Waals surface area contributed by atoms with E-state index < -0.39 is 11.0 Å². The first-order valence-electron chi connectivity index (χ1n) is 6.74. The Morgan fingerprint density at radius 3 is 2.81 bits per heavy atom. The molecule has 1 amide bonds. The molecule has 1 saturated heterocycles. The Labute approximate surface area is 122 Å². The van der Waals surface area contributed by atoms with Gasteiger partial charge in [0.05, 0.1) is 23.7 Å². The number of nitrogens with zero attached hydrogens (tertiary/aromatic N) is 2. The number of carbonyl (C=O) groups is 1. The number of hydrogen-bond donors (Lipinski definition) is 1. The maximum atomic E-state index is 12.5. The number of para-hydroxylation sites is 1. The highest BCUT2D eigenvalue weighted by Crippen LogP contribution is 2.32. The average molecular weight is 294 g/mol. The number of rotatable bonds is 3. The molecule has 1 heterocycles. The lowest BCUT2D eigenvalue weighted by Gasteiger charge is -2.34. The van der Waals surface area contributed by atoms with Crippen LogP contribution in [0.2, 0.25) is 0 Å². The van der Waals surface area contributed by atoms with E-state index in [9.17, 15) is 20.0 Å². The van der Waals surface area contributed by atoms with E-state index in [0.29, 0.717) is 13.0 Å². The third-order valence-electron chi connectivity index (χ3n) is 3.83. The molecule has 0 aromatic heterocycles. The molecule has 0 saturated carbocycles. The zero-order valence-electron chi connectivity index (χ0n) is 12.0. The first kappa shape index (κ1) is 15.2. The van der Waals surface area contributed by atoms with Crippen molar-refractivity contribution in [3.8, 4) is 5.75 Å². The normalized spacial score (nSPS) is 22.0. The van der Waals surface area contributed by atoms with Crippen LogP contribution in [-0.4, -0.2) is 47.1 Å². The topological polar surface area (TPSA) is 92.9 Å². The number of β-amino-alcohol motifs (C(OH)–C–C–N with tert-alkyl or cyclic N) is 1. The van der Waals surface area contributed by atoms with Gasteiger partial charge in [-0.3, -0.25) is 14.9 Å². The summed E-state index contributed by atoms with van der Waals surface area (Å²) in [5.74, 6) is -0.261. The second kappa shape index (κ2) is 6.09. The van der Waals surface area contributed by atoms with E-state index in [1.165, 1.54) is 30.2 Å². The van der Waals surface area contributed by atoms with E-state index >= 15 is 0 Å². The molecule has 1 N–H and O–H groups in total. The number of ether oxygens (including phenoxy) is 1. The quantitative estimate of drug-likeness (QED) is 0.672. The molecule has 0 bridgehead atoms. The molecule has 7 heteroatoms. The van der Waals surface area contributed by atoms with Crippen molar-refractivity contribution in [3.63, 3.8) is 0 Å². The summed E-state index contributed by atoms with van der Waals surface area (Å²) in [5.41, 5.74) is -0.0947. The highest BCUT2D eigenvalue weighted by molar-refractivity contribution is 5.98. The number of aliphatic hydroxyl groups excluding tert-OH is 1. The van der Waals surface area contributed by atoms with Gasteiger partial charge in [0.1, 0.15) is 0 Å². The summed E-state index contributed by atoms with van der Waals surface area (Å²) in [5, 5.41) is 20.9. The number of piperidine rings is 1. The molecule has 7 nitrogen and oxygen atoms in total. The predicted octanol–water partition coefficient (Wildman–Crippen LogP) is 1.45. The molecule has 0 aliphatic carbocycles. The Kier molecular flexibility index (Phi) is 4.42. The van der Waals surface area contributed by atoms with Gasteiger partial charge in [0.2, 0.25) is 5.75 Å². The Bertz CT molecular complexity index is 560. The van der Waals surface area contributed by atoms with Crippen molar-refractivity contribution < 1.29 is 19.6 Å². The number of likely N-dealkylation sites (tertiary alicyclic amines) is 1. The number of nitro groups is 1. The molecule has 2 atom stereocenters. The van der Waals surface area contributed by atoms with Gasteiger partial charge in [0.25, 0.3) is 5.91 Å². The Hall–Kier alpha value is -2.15. The molecule has 1 aromatic rings. The number of aliphatic hydroxyl groups is 1. The molecule has 21 heavy (non-hydrogen) atoms. The summed E-state index contributed by atoms with van der Waals surface area (Å²) in [4.78, 5) is 24.4. The monoisotopic (exact) mass is 294 g/mol. The smallest absolute Gasteiger partial charge is 0.311 e. The van der Waals surface area contributed by atoms with Crippen molar-refractivity contribution >= 4 is 11.6 Å². The third kappa shape index (κ3) is 2.97. The van der Waals surface area contributed by atoms with E-state index in [2.05, 4.69) is 0 Å². The maximum absolute atomic E-state index is 12.5. The number of amides is 1. The van der Waals surface area contributed by atoms with E-state index in [1.54, 1.807) is 0 Å². The van der Waals surface area contributed by atoms with Gasteiger partial charge < -0.3 is 14.7 Å². The summed E-state index contributed by atoms with van der Waals surface area (Å²) in [7, 11) is 1.30. The first-order chi connectivity index (χ1) is 9.95. The highest BCUT2D eigenvalue weighted by Gasteiger charge is 2.31. The Balaban J connectivity index is 2.31. The summed E-state index contributed by atoms with van der Waals surface area (Å²) >= 11 is 0. The minimum Gasteiger partial charge on any atom is -0.490 e. The van der Waals surface area contributed by atoms with Gasteiger partial charge in [-0.2, -0.15) is 0 Å². The Morgan fingerprint density at radius 1 is 1.52 bits per heavy atom. The number of carbonyl (C=O) groups excluding carboxylic acids is 1. The second-order valence-electron chi connectivity index (χ2n) is 5.20. The minimum atomic E-state index is -0.581. The van der Waals surface area contributed by atoms with E-state index in [4.69, 9.17) is 4.74 Å². The van der Waals surface area contributed by atoms with E-state index in [0.717, 1.165) is 0 Å². The molecular weight excluding hydrogens is 276 g/mol. The second-order valence-corrected chi connectivity index (χ2v) is 5.20. The summed E-state index contributed by atoms with van der Waals surface area (Å²) in [6.45, 7) is 2.68. The van der Waals surface area contributed by atoms with Gasteiger partial charge in [0.15, 0.2) is 0 Å². The zero-order chi connectivity index (χ0) is 15.6. The maximum Gasteiger partial charge on any atom is 0.311 e. The van der Waals surface area contributed by atoms with Crippen LogP contribution in [0.3, 0.4) is 0 Å². The van der Waals surface area contributed by atoms with Gasteiger partial charge in [0, 0.05) is 19.2 Å². The molecule has 114 valence electrons. The van der Waals surface area contributed by atoms with Crippen LogP contribution in [0, 0.1) is 16.0 Å². The van der Waals surface area contributed by atoms with Crippen LogP contribution in [0.25, 0.3) is 0 Å². The average Bonchev–Trinajstić information content (AvgIpc) is 2.48. The fourth-order valence-corrected chi connectivity index (χ4v) is 2.46. The fourth-order valence-electron chi connectivity index (χ4n) is 2.46. The van der Waals surface area contributed by atoms with E-state index in [-0.39, 0.29) is 35.4 Å². The molecule has 2 rings (SSSR count). The SMILES string of the molecule is COc1c(C(=O)N2CCC(C)C(O)C2)cccc1[N+](=O)[O-]. The summed E-state index contributed by atoms with van der Waals surface area (Å²) < 4.78 is 5.05. The molecule has 0 radical (unpaired) electrons. The standard InChI is InChI=1S/C14H18N2O5/c1-9-6-7-15(8-12(9)17)14(18)10-4-3-5-11(16(19)20)13(10)21-2/h3-5,9,12,17H,6-8H2,1-2H3. The predicted molar refractivity (Wildman–Crippen MR) is 75.3 cm³/mol. The van der Waals surface area contributed by atoms with Gasteiger partial charge in [-0.1, -0.05) is 13.0 Å². The van der Waals surface area contributed by atoms with Crippen LogP contribution >= 0.6 is 0 Å². The number of benzene rings is 1. The summed E-state index contributed by atoms with van der Waals surface area (Å²) in [6.07, 6.45) is 0.122. The lowest BCUT2D eigenvalue weighted by Crippen LogP contribution is -2.45. The van der Waals surface area contributed by atoms with Crippen molar-refractivity contribution in [1.82, 2.24) is 4.90 Å². The van der Waals surface area contributed by atoms with Crippen LogP contribution in [0.4, 0.5) is 5.69 Å². The molecule has 1 fully saturated rings. The van der Waals surface area contributed by atoms with Crippen molar-refractivity contribution in [2.24, 2.45) is 5.92 Å². The van der Waals surface area contributed by atoms with Gasteiger partial charge >= 0.3 is 5.69 Å². The lowest BCUT2D eigenvalue weighted by atomic mass is 9.95. The van der Waals surface area contributed by atoms with E-state index in [1.807, 2.05) is 6.92 Å². The van der Waals surface area contributed by atoms with Crippen molar-refractivity contribution in [1.29, 1.82) is 0 Å². The van der Waals surface area contributed by atoms with Crippen LogP contribution < -0.4 is 4.74 Å². The number of nitro benzene ring substituents is 1. The molecule has 1 aliphatic heterocycles. The van der Waals surface area contributed by atoms with Crippen LogP contribution in [0.1, 0.15) is 23.7 Å². The fraction of sp³-hybridized carbons (Fsp3) is 0.500. The lowest BCUT2D eigenvalue weighted by molar-refractivity contribution is -0.385. The zero-order valence-corrected chi connectivity index (χ0v) is 12.0. The van der Waals surface area contributed by atoms with Gasteiger partial charge in [-0.15, -0.1) is 0 Å². The Morgan fingerprint density at radius 2 is 2.24 bits per heavy atom. The minimum absolute atomic E-state index is 0.0411. The third-order valence-corrected chi connectivity index (χ3v) is 3.83. The first-order valence-corrected chi connectivity index (χ1v) is 6.74. The largest absolute Gasteiger partial charge is 0.490 e. The van der Waals surface area contributed by atoms with Gasteiger partial charge in [-0.25, -0.2) is 0 Å². The van der Waals surface area contributed by atoms with Crippen LogP contribution in [-0.2, 0) is 0 Å². The van der Waals surface area contributed by atoms with Crippen LogP contribution in [0.5, 0.6) is 5.75 Å². The molecular formula is C14H18N2O5. The molecule has 2 unspecified atom stereocenters. The van der Waals surface area contributed by atoms with Crippen molar-refractivity contribution in [3.05, 3.63) is 33.9 Å². The van der Waals surface area contributed by atoms with Crippen molar-refractivity contribution in [2.75, 3.05) is 20.2 Å². The van der Waals surface area contributed by atoms with Gasteiger partial charge in [-0.05, 0) is 18.4 Å². The molecule has 1 aromatic carbocycles.